The van der Waals surface area contributed by atoms with Gasteiger partial charge in [0.05, 0.1) is 32.4 Å². The Morgan fingerprint density at radius 2 is 1.57 bits per heavy atom. The molecule has 0 amide bonds. The molecule has 0 saturated carbocycles. The van der Waals surface area contributed by atoms with E-state index in [9.17, 15) is 30.3 Å². The molecule has 1 aliphatic carbocycles. The second-order valence-corrected chi connectivity index (χ2v) is 4.74. The maximum Gasteiger partial charge on any atom is 0.288 e. The molecule has 2 rings (SSSR count). The monoisotopic (exact) mass is 321 g/mol. The number of allylic oxidation sites excluding steroid dienone is 2. The van der Waals surface area contributed by atoms with Crippen LogP contribution in [0.5, 0.6) is 0 Å². The number of nitrogens with one attached hydrogen (secondary N) is 1. The average Bonchev–Trinajstić information content (AvgIpc) is 2.53. The molecule has 1 aromatic carbocycles. The first-order chi connectivity index (χ1) is 10.8. The molecule has 23 heavy (non-hydrogen) atoms. The third-order valence-corrected chi connectivity index (χ3v) is 3.46. The number of nitrogens with zero attached hydrogens (tertiary/aromatic N) is 3. The van der Waals surface area contributed by atoms with E-state index in [0.29, 0.717) is 12.1 Å². The minimum Gasteiger partial charge on any atom is -0.270 e. The van der Waals surface area contributed by atoms with Crippen LogP contribution in [0.25, 0.3) is 0 Å². The van der Waals surface area contributed by atoms with Gasteiger partial charge in [0.2, 0.25) is 0 Å². The van der Waals surface area contributed by atoms with Gasteiger partial charge in [-0.2, -0.15) is 0 Å². The number of hydrogen-bond acceptors (Lipinski definition) is 8. The number of non-ortho nitro benzene ring substituents is 1. The summed E-state index contributed by atoms with van der Waals surface area (Å²) in [7, 11) is 0. The molecule has 3 N–H and O–H groups in total. The minimum absolute atomic E-state index is 0.111. The van der Waals surface area contributed by atoms with Crippen molar-refractivity contribution in [2.75, 3.05) is 0 Å². The summed E-state index contributed by atoms with van der Waals surface area (Å²) in [6, 6.07) is 1.38. The Morgan fingerprint density at radius 1 is 1.00 bits per heavy atom. The van der Waals surface area contributed by atoms with Crippen LogP contribution >= 0.6 is 0 Å². The van der Waals surface area contributed by atoms with E-state index in [2.05, 4.69) is 5.43 Å². The number of nitro benzene ring substituents is 3. The molecule has 0 heterocycles. The van der Waals surface area contributed by atoms with Gasteiger partial charge in [-0.05, 0) is 6.42 Å². The van der Waals surface area contributed by atoms with E-state index >= 15 is 0 Å². The highest BCUT2D eigenvalue weighted by molar-refractivity contribution is 5.65. The first-order valence-corrected chi connectivity index (χ1v) is 6.26. The fraction of sp³-hybridized carbons (Fsp3) is 0.167. The van der Waals surface area contributed by atoms with Crippen molar-refractivity contribution in [2.45, 2.75) is 12.0 Å². The fourth-order valence-electron chi connectivity index (χ4n) is 2.43. The number of benzene rings is 1. The Labute approximate surface area is 128 Å². The van der Waals surface area contributed by atoms with Gasteiger partial charge in [-0.3, -0.25) is 36.2 Å². The van der Waals surface area contributed by atoms with Crippen molar-refractivity contribution in [3.63, 3.8) is 0 Å². The van der Waals surface area contributed by atoms with Gasteiger partial charge in [-0.15, -0.1) is 0 Å². The third-order valence-electron chi connectivity index (χ3n) is 3.46. The van der Waals surface area contributed by atoms with E-state index in [1.165, 1.54) is 12.2 Å². The SMILES string of the molecule is NNC1(c2c([N+](=O)[O-])cc([N+](=O)[O-])cc2[N+](=O)[O-])C=CC=CC1. The van der Waals surface area contributed by atoms with Crippen molar-refractivity contribution in [1.29, 1.82) is 0 Å². The highest BCUT2D eigenvalue weighted by Crippen LogP contribution is 2.43. The molecule has 0 aliphatic heterocycles. The van der Waals surface area contributed by atoms with Crippen molar-refractivity contribution in [2.24, 2.45) is 5.84 Å². The first kappa shape index (κ1) is 16.2. The van der Waals surface area contributed by atoms with Gasteiger partial charge in [0.15, 0.2) is 0 Å². The maximum atomic E-state index is 11.3. The molecular weight excluding hydrogens is 310 g/mol. The van der Waals surface area contributed by atoms with Gasteiger partial charge in [0, 0.05) is 0 Å². The van der Waals surface area contributed by atoms with Crippen molar-refractivity contribution in [3.05, 3.63) is 72.3 Å². The van der Waals surface area contributed by atoms with Crippen LogP contribution in [0.2, 0.25) is 0 Å². The predicted octanol–water partition coefficient (Wildman–Crippen LogP) is 1.59. The summed E-state index contributed by atoms with van der Waals surface area (Å²) in [5.74, 6) is 5.49. The van der Waals surface area contributed by atoms with Gasteiger partial charge >= 0.3 is 0 Å². The topological polar surface area (TPSA) is 167 Å². The highest BCUT2D eigenvalue weighted by Gasteiger charge is 2.43. The van der Waals surface area contributed by atoms with E-state index < -0.39 is 37.4 Å². The fourth-order valence-corrected chi connectivity index (χ4v) is 2.43. The molecule has 11 heteroatoms. The number of nitrogens with two attached hydrogens (primary N) is 1. The second-order valence-electron chi connectivity index (χ2n) is 4.74. The zero-order chi connectivity index (χ0) is 17.2. The Morgan fingerprint density at radius 3 is 1.91 bits per heavy atom. The molecular formula is C12H11N5O6. The number of nitro groups is 3. The van der Waals surface area contributed by atoms with Crippen LogP contribution in [-0.2, 0) is 5.54 Å². The Bertz CT molecular complexity index is 723. The van der Waals surface area contributed by atoms with Gasteiger partial charge in [0.1, 0.15) is 5.56 Å². The predicted molar refractivity (Wildman–Crippen MR) is 78.3 cm³/mol. The van der Waals surface area contributed by atoms with Crippen LogP contribution in [0.1, 0.15) is 12.0 Å². The van der Waals surface area contributed by atoms with Crippen molar-refractivity contribution in [3.8, 4) is 0 Å². The first-order valence-electron chi connectivity index (χ1n) is 6.26. The molecule has 1 atom stereocenters. The van der Waals surface area contributed by atoms with Crippen LogP contribution in [0.3, 0.4) is 0 Å². The minimum atomic E-state index is -1.41. The van der Waals surface area contributed by atoms with Gasteiger partial charge in [0.25, 0.3) is 17.1 Å². The molecule has 1 aromatic rings. The summed E-state index contributed by atoms with van der Waals surface area (Å²) in [6.45, 7) is 0. The normalized spacial score (nSPS) is 19.5. The summed E-state index contributed by atoms with van der Waals surface area (Å²) in [6.07, 6.45) is 6.35. The molecule has 11 nitrogen and oxygen atoms in total. The van der Waals surface area contributed by atoms with E-state index in [4.69, 9.17) is 5.84 Å². The summed E-state index contributed by atoms with van der Waals surface area (Å²) in [5, 5.41) is 33.5. The lowest BCUT2D eigenvalue weighted by molar-refractivity contribution is -0.404. The summed E-state index contributed by atoms with van der Waals surface area (Å²) in [5.41, 5.74) is -1.62. The molecule has 0 spiro atoms. The van der Waals surface area contributed by atoms with Gasteiger partial charge in [-0.1, -0.05) is 24.3 Å². The van der Waals surface area contributed by atoms with E-state index in [0.717, 1.165) is 0 Å². The van der Waals surface area contributed by atoms with Crippen molar-refractivity contribution in [1.82, 2.24) is 5.43 Å². The number of hydrazine groups is 1. The smallest absolute Gasteiger partial charge is 0.270 e. The Hall–Kier alpha value is -3.18. The quantitative estimate of drug-likeness (QED) is 0.468. The number of hydrogen-bond donors (Lipinski definition) is 2. The van der Waals surface area contributed by atoms with Gasteiger partial charge in [-0.25, -0.2) is 5.43 Å². The molecule has 0 bridgehead atoms. The van der Waals surface area contributed by atoms with Crippen molar-refractivity contribution >= 4 is 17.1 Å². The molecule has 0 saturated heterocycles. The van der Waals surface area contributed by atoms with Crippen molar-refractivity contribution < 1.29 is 14.8 Å². The van der Waals surface area contributed by atoms with Crippen LogP contribution in [0, 0.1) is 30.3 Å². The average molecular weight is 321 g/mol. The maximum absolute atomic E-state index is 11.3. The molecule has 0 radical (unpaired) electrons. The summed E-state index contributed by atoms with van der Waals surface area (Å²) < 4.78 is 0. The zero-order valence-corrected chi connectivity index (χ0v) is 11.5. The Kier molecular flexibility index (Phi) is 4.16. The summed E-state index contributed by atoms with van der Waals surface area (Å²) in [4.78, 5) is 30.8. The lowest BCUT2D eigenvalue weighted by Gasteiger charge is -2.29. The second kappa shape index (κ2) is 5.90. The molecule has 1 aliphatic rings. The lowest BCUT2D eigenvalue weighted by Crippen LogP contribution is -2.46. The summed E-state index contributed by atoms with van der Waals surface area (Å²) >= 11 is 0. The van der Waals surface area contributed by atoms with Crippen LogP contribution in [-0.4, -0.2) is 14.8 Å². The third kappa shape index (κ3) is 2.77. The van der Waals surface area contributed by atoms with Crippen LogP contribution in [0.15, 0.2) is 36.4 Å². The lowest BCUT2D eigenvalue weighted by atomic mass is 9.82. The van der Waals surface area contributed by atoms with Crippen LogP contribution < -0.4 is 11.3 Å². The zero-order valence-electron chi connectivity index (χ0n) is 11.5. The largest absolute Gasteiger partial charge is 0.288 e. The Balaban J connectivity index is 2.87. The van der Waals surface area contributed by atoms with Crippen LogP contribution in [0.4, 0.5) is 17.1 Å². The molecule has 1 unspecified atom stereocenters. The number of rotatable bonds is 5. The molecule has 0 aromatic heterocycles. The molecule has 0 fully saturated rings. The van der Waals surface area contributed by atoms with E-state index in [1.54, 1.807) is 12.2 Å². The van der Waals surface area contributed by atoms with Gasteiger partial charge < -0.3 is 0 Å². The molecule has 120 valence electrons. The van der Waals surface area contributed by atoms with E-state index in [-0.39, 0.29) is 12.0 Å². The van der Waals surface area contributed by atoms with E-state index in [1.807, 2.05) is 0 Å². The highest BCUT2D eigenvalue weighted by atomic mass is 16.6. The standard InChI is InChI=1S/C12H11N5O6/c13-14-12(4-2-1-3-5-12)11-9(16(20)21)6-8(15(18)19)7-10(11)17(22)23/h1-4,6-7,14H,5,13H2.